The average Bonchev–Trinajstić information content (AvgIpc) is 2.71. The maximum Gasteiger partial charge on any atom is 0.331 e. The monoisotopic (exact) mass is 458 g/mol. The van der Waals surface area contributed by atoms with Gasteiger partial charge in [0.25, 0.3) is 0 Å². The molecule has 0 radical (unpaired) electrons. The number of carbonyl (C=O) groups is 1. The summed E-state index contributed by atoms with van der Waals surface area (Å²) in [5.74, 6) is -0.137. The van der Waals surface area contributed by atoms with Crippen LogP contribution < -0.4 is 10.1 Å². The van der Waals surface area contributed by atoms with Gasteiger partial charge in [-0.2, -0.15) is 0 Å². The number of hydrogen-bond donors (Lipinski definition) is 2. The zero-order valence-electron chi connectivity index (χ0n) is 16.0. The number of pyridine rings is 1. The Bertz CT molecular complexity index is 1080. The number of aromatic nitrogens is 1. The third-order valence-corrected chi connectivity index (χ3v) is 5.10. The second kappa shape index (κ2) is 9.05. The van der Waals surface area contributed by atoms with Crippen molar-refractivity contribution in [3.63, 3.8) is 0 Å². The first-order valence-corrected chi connectivity index (χ1v) is 9.81. The number of aliphatic carboxylic acids is 1. The highest BCUT2D eigenvalue weighted by Gasteiger charge is 2.12. The van der Waals surface area contributed by atoms with Crippen molar-refractivity contribution in [3.8, 4) is 5.75 Å². The summed E-state index contributed by atoms with van der Waals surface area (Å²) < 4.78 is 19.5. The van der Waals surface area contributed by atoms with Crippen LogP contribution in [0.5, 0.6) is 5.75 Å². The first-order valence-electron chi connectivity index (χ1n) is 9.01. The molecule has 0 aliphatic rings. The fourth-order valence-corrected chi connectivity index (χ4v) is 3.23. The molecule has 0 aliphatic heterocycles. The maximum atomic E-state index is 14.0. The van der Waals surface area contributed by atoms with Gasteiger partial charge in [-0.05, 0) is 58.3 Å². The van der Waals surface area contributed by atoms with E-state index in [9.17, 15) is 14.3 Å². The number of halogens is 2. The molecule has 2 aromatic carbocycles. The van der Waals surface area contributed by atoms with Gasteiger partial charge in [0.1, 0.15) is 17.4 Å². The van der Waals surface area contributed by atoms with Crippen LogP contribution in [0.1, 0.15) is 24.5 Å². The van der Waals surface area contributed by atoms with Gasteiger partial charge in [0.15, 0.2) is 0 Å². The molecule has 3 rings (SSSR count). The highest BCUT2D eigenvalue weighted by Crippen LogP contribution is 2.28. The Balaban J connectivity index is 2.02. The Morgan fingerprint density at radius 1 is 1.28 bits per heavy atom. The molecular weight excluding hydrogens is 439 g/mol. The Labute approximate surface area is 176 Å². The lowest BCUT2D eigenvalue weighted by Crippen LogP contribution is -2.05. The standard InChI is InChI=1S/C22H20BrFN2O3/c1-3-14(22(27)28)8-16-9-15-10-18(23)19(24)11-20(15)26-21(16)25-12-13-4-6-17(29-2)7-5-13/h4-11H,3,12H2,1-2H3,(H,25,26)(H,27,28). The lowest BCUT2D eigenvalue weighted by molar-refractivity contribution is -0.132. The van der Waals surface area contributed by atoms with Gasteiger partial charge in [-0.1, -0.05) is 19.1 Å². The van der Waals surface area contributed by atoms with Gasteiger partial charge in [-0.15, -0.1) is 0 Å². The van der Waals surface area contributed by atoms with Gasteiger partial charge >= 0.3 is 5.97 Å². The van der Waals surface area contributed by atoms with E-state index in [1.165, 1.54) is 6.07 Å². The number of fused-ring (bicyclic) bond motifs is 1. The molecule has 0 saturated carbocycles. The van der Waals surface area contributed by atoms with Crippen LogP contribution in [0.3, 0.4) is 0 Å². The van der Waals surface area contributed by atoms with E-state index in [0.717, 1.165) is 11.3 Å². The van der Waals surface area contributed by atoms with Gasteiger partial charge in [0.2, 0.25) is 0 Å². The van der Waals surface area contributed by atoms with E-state index in [1.54, 1.807) is 26.2 Å². The van der Waals surface area contributed by atoms with Gasteiger partial charge in [-0.25, -0.2) is 14.2 Å². The number of hydrogen-bond acceptors (Lipinski definition) is 4. The number of ether oxygens (including phenoxy) is 1. The van der Waals surface area contributed by atoms with Crippen LogP contribution >= 0.6 is 15.9 Å². The fourth-order valence-electron chi connectivity index (χ4n) is 2.87. The highest BCUT2D eigenvalue weighted by molar-refractivity contribution is 9.10. The number of carboxylic acids is 1. The number of methoxy groups -OCH3 is 1. The molecule has 7 heteroatoms. The normalized spacial score (nSPS) is 11.5. The molecule has 3 aromatic rings. The van der Waals surface area contributed by atoms with E-state index in [4.69, 9.17) is 4.74 Å². The van der Waals surface area contributed by atoms with Crippen molar-refractivity contribution in [2.45, 2.75) is 19.9 Å². The summed E-state index contributed by atoms with van der Waals surface area (Å²) in [6, 6.07) is 12.4. The van der Waals surface area contributed by atoms with Crippen molar-refractivity contribution in [1.82, 2.24) is 4.98 Å². The van der Waals surface area contributed by atoms with Gasteiger partial charge < -0.3 is 15.2 Å². The van der Waals surface area contributed by atoms with Crippen LogP contribution in [0.25, 0.3) is 17.0 Å². The number of carboxylic acid groups (broad SMARTS) is 1. The van der Waals surface area contributed by atoms with Crippen LogP contribution in [-0.2, 0) is 11.3 Å². The van der Waals surface area contributed by atoms with Crippen LogP contribution in [0.4, 0.5) is 10.2 Å². The molecule has 0 aliphatic carbocycles. The summed E-state index contributed by atoms with van der Waals surface area (Å²) >= 11 is 3.18. The second-order valence-electron chi connectivity index (χ2n) is 6.42. The molecule has 5 nitrogen and oxygen atoms in total. The number of nitrogens with zero attached hydrogens (tertiary/aromatic N) is 1. The number of benzene rings is 2. The summed E-state index contributed by atoms with van der Waals surface area (Å²) in [5, 5.41) is 13.3. The summed E-state index contributed by atoms with van der Waals surface area (Å²) in [7, 11) is 1.61. The Hall–Kier alpha value is -2.93. The van der Waals surface area contributed by atoms with E-state index >= 15 is 0 Å². The lowest BCUT2D eigenvalue weighted by Gasteiger charge is -2.12. The maximum absolute atomic E-state index is 14.0. The van der Waals surface area contributed by atoms with Gasteiger partial charge in [0, 0.05) is 29.1 Å². The van der Waals surface area contributed by atoms with Crippen LogP contribution in [0.2, 0.25) is 0 Å². The van der Waals surface area contributed by atoms with Crippen molar-refractivity contribution >= 4 is 44.7 Å². The quantitative estimate of drug-likeness (QED) is 0.448. The molecule has 0 unspecified atom stereocenters. The average molecular weight is 459 g/mol. The minimum absolute atomic E-state index is 0.264. The third-order valence-electron chi connectivity index (χ3n) is 4.49. The van der Waals surface area contributed by atoms with Crippen molar-refractivity contribution in [2.75, 3.05) is 12.4 Å². The molecular formula is C22H20BrFN2O3. The Kier molecular flexibility index (Phi) is 6.49. The molecule has 1 aromatic heterocycles. The molecule has 0 saturated heterocycles. The molecule has 0 spiro atoms. The van der Waals surface area contributed by atoms with E-state index in [0.29, 0.717) is 39.7 Å². The summed E-state index contributed by atoms with van der Waals surface area (Å²) in [6.45, 7) is 2.25. The molecule has 150 valence electrons. The van der Waals surface area contributed by atoms with Crippen LogP contribution in [-0.4, -0.2) is 23.2 Å². The molecule has 2 N–H and O–H groups in total. The summed E-state index contributed by atoms with van der Waals surface area (Å²) in [6.07, 6.45) is 1.97. The fraction of sp³-hybridized carbons (Fsp3) is 0.182. The molecule has 29 heavy (non-hydrogen) atoms. The molecule has 1 heterocycles. The van der Waals surface area contributed by atoms with E-state index in [-0.39, 0.29) is 5.57 Å². The molecule has 0 atom stereocenters. The lowest BCUT2D eigenvalue weighted by atomic mass is 10.1. The topological polar surface area (TPSA) is 71.5 Å². The minimum Gasteiger partial charge on any atom is -0.497 e. The third kappa shape index (κ3) is 4.92. The van der Waals surface area contributed by atoms with E-state index in [1.807, 2.05) is 30.3 Å². The SMILES string of the molecule is CCC(=Cc1cc2cc(Br)c(F)cc2nc1NCc1ccc(OC)cc1)C(=O)O. The predicted octanol–water partition coefficient (Wildman–Crippen LogP) is 5.64. The smallest absolute Gasteiger partial charge is 0.331 e. The highest BCUT2D eigenvalue weighted by atomic mass is 79.9. The zero-order chi connectivity index (χ0) is 21.0. The number of rotatable bonds is 7. The molecule has 0 fully saturated rings. The Morgan fingerprint density at radius 2 is 2.00 bits per heavy atom. The summed E-state index contributed by atoms with van der Waals surface area (Å²) in [4.78, 5) is 16.0. The predicted molar refractivity (Wildman–Crippen MR) is 116 cm³/mol. The summed E-state index contributed by atoms with van der Waals surface area (Å²) in [5.41, 5.74) is 2.37. The van der Waals surface area contributed by atoms with Crippen molar-refractivity contribution < 1.29 is 19.0 Å². The van der Waals surface area contributed by atoms with Crippen molar-refractivity contribution in [2.24, 2.45) is 0 Å². The largest absolute Gasteiger partial charge is 0.497 e. The number of anilines is 1. The second-order valence-corrected chi connectivity index (χ2v) is 7.27. The van der Waals surface area contributed by atoms with Crippen LogP contribution in [0.15, 0.2) is 52.5 Å². The Morgan fingerprint density at radius 3 is 2.62 bits per heavy atom. The van der Waals surface area contributed by atoms with E-state index in [2.05, 4.69) is 26.2 Å². The van der Waals surface area contributed by atoms with Crippen molar-refractivity contribution in [3.05, 3.63) is 69.5 Å². The van der Waals surface area contributed by atoms with Crippen molar-refractivity contribution in [1.29, 1.82) is 0 Å². The molecule has 0 bridgehead atoms. The zero-order valence-corrected chi connectivity index (χ0v) is 17.6. The van der Waals surface area contributed by atoms with Gasteiger partial charge in [-0.3, -0.25) is 0 Å². The minimum atomic E-state index is -0.978. The van der Waals surface area contributed by atoms with Gasteiger partial charge in [0.05, 0.1) is 17.1 Å². The first kappa shape index (κ1) is 20.8. The van der Waals surface area contributed by atoms with Crippen LogP contribution in [0, 0.1) is 5.82 Å². The number of nitrogens with one attached hydrogen (secondary N) is 1. The first-order chi connectivity index (χ1) is 13.9. The van der Waals surface area contributed by atoms with E-state index < -0.39 is 11.8 Å². The molecule has 0 amide bonds.